The van der Waals surface area contributed by atoms with Crippen LogP contribution in [0.2, 0.25) is 0 Å². The Hall–Kier alpha value is -1.86. The summed E-state index contributed by atoms with van der Waals surface area (Å²) in [6, 6.07) is 2.15. The number of hydrogen-bond donors (Lipinski definition) is 2. The summed E-state index contributed by atoms with van der Waals surface area (Å²) in [4.78, 5) is 3.75. The third kappa shape index (κ3) is 2.77. The van der Waals surface area contributed by atoms with E-state index in [-0.39, 0.29) is 12.1 Å². The van der Waals surface area contributed by atoms with Crippen molar-refractivity contribution in [2.24, 2.45) is 5.73 Å². The van der Waals surface area contributed by atoms with Crippen molar-refractivity contribution in [1.29, 1.82) is 0 Å². The van der Waals surface area contributed by atoms with E-state index >= 15 is 0 Å². The Morgan fingerprint density at radius 3 is 2.79 bits per heavy atom. The van der Waals surface area contributed by atoms with Gasteiger partial charge in [0.25, 0.3) is 0 Å². The molecule has 0 spiro atoms. The minimum absolute atomic E-state index is 0.0542. The molecule has 0 aliphatic rings. The molecule has 19 heavy (non-hydrogen) atoms. The first-order valence-corrected chi connectivity index (χ1v) is 5.67. The molecule has 0 bridgehead atoms. The van der Waals surface area contributed by atoms with Gasteiger partial charge >= 0.3 is 0 Å². The maximum absolute atomic E-state index is 13.7. The zero-order valence-electron chi connectivity index (χ0n) is 10.3. The Labute approximate surface area is 108 Å². The zero-order chi connectivity index (χ0) is 14.0. The molecule has 0 aliphatic carbocycles. The molecule has 3 N–H and O–H groups in total. The topological polar surface area (TPSA) is 77.0 Å². The SMILES string of the molecule is C[C@@](O)(c1ccc(F)cc1F)[C@H](N)Cn1cncn1. The largest absolute Gasteiger partial charge is 0.384 e. The summed E-state index contributed by atoms with van der Waals surface area (Å²) in [5.74, 6) is -1.54. The minimum atomic E-state index is -1.65. The van der Waals surface area contributed by atoms with Gasteiger partial charge in [0.05, 0.1) is 12.6 Å². The second-order valence-corrected chi connectivity index (χ2v) is 4.50. The lowest BCUT2D eigenvalue weighted by atomic mass is 9.88. The summed E-state index contributed by atoms with van der Waals surface area (Å²) in [6.07, 6.45) is 2.77. The fourth-order valence-corrected chi connectivity index (χ4v) is 1.81. The molecule has 0 saturated heterocycles. The van der Waals surface area contributed by atoms with Gasteiger partial charge in [0, 0.05) is 11.6 Å². The molecule has 7 heteroatoms. The molecule has 2 atom stereocenters. The van der Waals surface area contributed by atoms with E-state index in [1.807, 2.05) is 0 Å². The summed E-state index contributed by atoms with van der Waals surface area (Å²) in [6.45, 7) is 1.54. The number of nitrogens with zero attached hydrogens (tertiary/aromatic N) is 3. The number of aromatic nitrogens is 3. The van der Waals surface area contributed by atoms with Crippen LogP contribution >= 0.6 is 0 Å². The third-order valence-electron chi connectivity index (χ3n) is 3.05. The molecular weight excluding hydrogens is 254 g/mol. The van der Waals surface area contributed by atoms with Crippen LogP contribution in [0.4, 0.5) is 8.78 Å². The van der Waals surface area contributed by atoms with E-state index in [4.69, 9.17) is 5.73 Å². The van der Waals surface area contributed by atoms with Crippen LogP contribution in [0.3, 0.4) is 0 Å². The van der Waals surface area contributed by atoms with E-state index in [1.165, 1.54) is 30.3 Å². The van der Waals surface area contributed by atoms with Gasteiger partial charge < -0.3 is 10.8 Å². The molecule has 0 amide bonds. The van der Waals surface area contributed by atoms with Crippen molar-refractivity contribution >= 4 is 0 Å². The monoisotopic (exact) mass is 268 g/mol. The van der Waals surface area contributed by atoms with Crippen LogP contribution in [0.1, 0.15) is 12.5 Å². The van der Waals surface area contributed by atoms with Crippen LogP contribution in [0.15, 0.2) is 30.9 Å². The van der Waals surface area contributed by atoms with Crippen LogP contribution in [0, 0.1) is 11.6 Å². The first kappa shape index (κ1) is 13.6. The summed E-state index contributed by atoms with van der Waals surface area (Å²) in [5, 5.41) is 14.2. The van der Waals surface area contributed by atoms with Crippen LogP contribution in [-0.4, -0.2) is 25.9 Å². The van der Waals surface area contributed by atoms with Crippen molar-refractivity contribution in [1.82, 2.24) is 14.8 Å². The Morgan fingerprint density at radius 1 is 1.47 bits per heavy atom. The molecule has 0 radical (unpaired) electrons. The predicted molar refractivity (Wildman–Crippen MR) is 63.9 cm³/mol. The summed E-state index contributed by atoms with van der Waals surface area (Å²) < 4.78 is 28.0. The Balaban J connectivity index is 2.25. The highest BCUT2D eigenvalue weighted by molar-refractivity contribution is 5.26. The van der Waals surface area contributed by atoms with Crippen molar-refractivity contribution in [3.05, 3.63) is 48.1 Å². The molecular formula is C12H14F2N4O. The van der Waals surface area contributed by atoms with Gasteiger partial charge in [-0.25, -0.2) is 13.8 Å². The highest BCUT2D eigenvalue weighted by atomic mass is 19.1. The van der Waals surface area contributed by atoms with Crippen LogP contribution in [0.5, 0.6) is 0 Å². The quantitative estimate of drug-likeness (QED) is 0.859. The number of halogens is 2. The average molecular weight is 268 g/mol. The van der Waals surface area contributed by atoms with Gasteiger partial charge in [-0.2, -0.15) is 5.10 Å². The number of rotatable bonds is 4. The molecule has 0 fully saturated rings. The Morgan fingerprint density at radius 2 is 2.21 bits per heavy atom. The van der Waals surface area contributed by atoms with Crippen molar-refractivity contribution in [3.63, 3.8) is 0 Å². The van der Waals surface area contributed by atoms with Gasteiger partial charge in [-0.15, -0.1) is 0 Å². The molecule has 102 valence electrons. The van der Waals surface area contributed by atoms with E-state index in [1.54, 1.807) is 0 Å². The first-order valence-electron chi connectivity index (χ1n) is 5.67. The van der Waals surface area contributed by atoms with Gasteiger partial charge in [-0.1, -0.05) is 6.07 Å². The highest BCUT2D eigenvalue weighted by Gasteiger charge is 2.34. The minimum Gasteiger partial charge on any atom is -0.384 e. The lowest BCUT2D eigenvalue weighted by molar-refractivity contribution is 0.0186. The second kappa shape index (κ2) is 5.02. The van der Waals surface area contributed by atoms with Gasteiger partial charge in [0.1, 0.15) is 29.9 Å². The van der Waals surface area contributed by atoms with E-state index in [0.717, 1.165) is 6.07 Å². The van der Waals surface area contributed by atoms with Crippen molar-refractivity contribution < 1.29 is 13.9 Å². The lowest BCUT2D eigenvalue weighted by Gasteiger charge is -2.30. The predicted octanol–water partition coefficient (Wildman–Crippen LogP) is 0.791. The number of nitrogens with two attached hydrogens (primary N) is 1. The van der Waals surface area contributed by atoms with Gasteiger partial charge in [-0.05, 0) is 13.0 Å². The fraction of sp³-hybridized carbons (Fsp3) is 0.333. The smallest absolute Gasteiger partial charge is 0.137 e. The van der Waals surface area contributed by atoms with Crippen LogP contribution < -0.4 is 5.73 Å². The average Bonchev–Trinajstić information content (AvgIpc) is 2.81. The lowest BCUT2D eigenvalue weighted by Crippen LogP contribution is -2.46. The molecule has 2 aromatic rings. The fourth-order valence-electron chi connectivity index (χ4n) is 1.81. The second-order valence-electron chi connectivity index (χ2n) is 4.50. The Kier molecular flexibility index (Phi) is 3.59. The first-order chi connectivity index (χ1) is 8.91. The zero-order valence-corrected chi connectivity index (χ0v) is 10.3. The van der Waals surface area contributed by atoms with Crippen molar-refractivity contribution in [2.75, 3.05) is 0 Å². The van der Waals surface area contributed by atoms with Crippen LogP contribution in [-0.2, 0) is 12.1 Å². The molecule has 1 aromatic heterocycles. The maximum Gasteiger partial charge on any atom is 0.137 e. The maximum atomic E-state index is 13.7. The molecule has 0 aliphatic heterocycles. The molecule has 2 rings (SSSR count). The van der Waals surface area contributed by atoms with E-state index in [0.29, 0.717) is 6.07 Å². The third-order valence-corrected chi connectivity index (χ3v) is 3.05. The van der Waals surface area contributed by atoms with Crippen LogP contribution in [0.25, 0.3) is 0 Å². The summed E-state index contributed by atoms with van der Waals surface area (Å²) in [5.41, 5.74) is 4.18. The van der Waals surface area contributed by atoms with E-state index in [2.05, 4.69) is 10.1 Å². The number of benzene rings is 1. The molecule has 5 nitrogen and oxygen atoms in total. The number of hydrogen-bond acceptors (Lipinski definition) is 4. The van der Waals surface area contributed by atoms with Gasteiger partial charge in [-0.3, -0.25) is 4.68 Å². The summed E-state index contributed by atoms with van der Waals surface area (Å²) >= 11 is 0. The molecule has 1 heterocycles. The molecule has 0 unspecified atom stereocenters. The number of aliphatic hydroxyl groups is 1. The van der Waals surface area contributed by atoms with Gasteiger partial charge in [0.2, 0.25) is 0 Å². The van der Waals surface area contributed by atoms with E-state index < -0.39 is 23.3 Å². The normalized spacial score (nSPS) is 16.1. The summed E-state index contributed by atoms with van der Waals surface area (Å²) in [7, 11) is 0. The van der Waals surface area contributed by atoms with Crippen molar-refractivity contribution in [2.45, 2.75) is 25.1 Å². The van der Waals surface area contributed by atoms with E-state index in [9.17, 15) is 13.9 Å². The Bertz CT molecular complexity index is 557. The molecule has 1 aromatic carbocycles. The highest BCUT2D eigenvalue weighted by Crippen LogP contribution is 2.27. The standard InChI is InChI=1S/C12H14F2N4O/c1-12(19,9-3-2-8(13)4-10(9)14)11(15)5-18-7-16-6-17-18/h2-4,6-7,11,19H,5,15H2,1H3/t11-,12-/m1/s1. The van der Waals surface area contributed by atoms with Crippen molar-refractivity contribution in [3.8, 4) is 0 Å². The molecule has 0 saturated carbocycles. The van der Waals surface area contributed by atoms with Gasteiger partial charge in [0.15, 0.2) is 0 Å².